The molecule has 17 heavy (non-hydrogen) atoms. The highest BCUT2D eigenvalue weighted by Gasteiger charge is 2.50. The molecule has 3 nitrogen and oxygen atoms in total. The van der Waals surface area contributed by atoms with Crippen molar-refractivity contribution in [1.82, 2.24) is 5.32 Å². The molecule has 0 radical (unpaired) electrons. The number of ether oxygens (including phenoxy) is 1. The molecule has 1 N–H and O–H groups in total. The maximum atomic E-state index is 12.5. The average Bonchev–Trinajstić information content (AvgIpc) is 2.35. The zero-order chi connectivity index (χ0) is 12.8. The summed E-state index contributed by atoms with van der Waals surface area (Å²) in [7, 11) is 0. The van der Waals surface area contributed by atoms with Crippen LogP contribution in [0.1, 0.15) is 13.3 Å². The van der Waals surface area contributed by atoms with Crippen molar-refractivity contribution in [3.63, 3.8) is 0 Å². The second kappa shape index (κ2) is 3.66. The number of halogens is 4. The number of hydrogen-bond donors (Lipinski definition) is 1. The first-order valence-electron chi connectivity index (χ1n) is 4.86. The lowest BCUT2D eigenvalue weighted by molar-refractivity contribution is -0.177. The fourth-order valence-electron chi connectivity index (χ4n) is 2.02. The van der Waals surface area contributed by atoms with Gasteiger partial charge in [-0.25, -0.2) is 4.79 Å². The van der Waals surface area contributed by atoms with E-state index in [9.17, 15) is 18.0 Å². The van der Waals surface area contributed by atoms with Crippen LogP contribution in [0.25, 0.3) is 0 Å². The van der Waals surface area contributed by atoms with Crippen molar-refractivity contribution in [2.24, 2.45) is 0 Å². The Hall–Kier alpha value is -1.17. The van der Waals surface area contributed by atoms with Crippen LogP contribution in [0.5, 0.6) is 0 Å². The second-order valence-electron chi connectivity index (χ2n) is 4.15. The van der Waals surface area contributed by atoms with Crippen molar-refractivity contribution in [2.75, 3.05) is 6.54 Å². The molecule has 0 aromatic heterocycles. The van der Waals surface area contributed by atoms with Gasteiger partial charge < -0.3 is 10.1 Å². The smallest absolute Gasteiger partial charge is 0.393 e. The van der Waals surface area contributed by atoms with Crippen LogP contribution in [0.15, 0.2) is 22.4 Å². The number of nitrogens with one attached hydrogen (secondary N) is 1. The Labute approximate surface area is 100 Å². The van der Waals surface area contributed by atoms with Gasteiger partial charge in [0, 0.05) is 12.1 Å². The van der Waals surface area contributed by atoms with Gasteiger partial charge in [-0.15, -0.1) is 0 Å². The molecule has 94 valence electrons. The number of carbonyl (C=O) groups is 1. The summed E-state index contributed by atoms with van der Waals surface area (Å²) in [4.78, 5) is 11.5. The van der Waals surface area contributed by atoms with E-state index < -0.39 is 24.2 Å². The molecule has 2 heterocycles. The van der Waals surface area contributed by atoms with Crippen LogP contribution in [0.3, 0.4) is 0 Å². The van der Waals surface area contributed by atoms with Crippen molar-refractivity contribution in [2.45, 2.75) is 25.1 Å². The first-order chi connectivity index (χ1) is 7.71. The fourth-order valence-corrected chi connectivity index (χ4v) is 2.20. The van der Waals surface area contributed by atoms with Crippen LogP contribution in [-0.4, -0.2) is 24.3 Å². The molecule has 0 aromatic rings. The number of hydrogen-bond acceptors (Lipinski definition) is 3. The van der Waals surface area contributed by atoms with Crippen LogP contribution < -0.4 is 5.32 Å². The highest BCUT2D eigenvalue weighted by Crippen LogP contribution is 2.42. The summed E-state index contributed by atoms with van der Waals surface area (Å²) in [5.74, 6) is -0.723. The highest BCUT2D eigenvalue weighted by molar-refractivity contribution is 6.29. The van der Waals surface area contributed by atoms with Crippen LogP contribution in [0, 0.1) is 0 Å². The molecule has 0 fully saturated rings. The number of dihydropyridines is 1. The molecule has 0 aliphatic carbocycles. The van der Waals surface area contributed by atoms with E-state index in [0.717, 1.165) is 0 Å². The lowest BCUT2D eigenvalue weighted by Gasteiger charge is -2.27. The molecular weight excluding hydrogens is 259 g/mol. The Bertz CT molecular complexity index is 441. The molecule has 0 aromatic carbocycles. The zero-order valence-electron chi connectivity index (χ0n) is 8.82. The van der Waals surface area contributed by atoms with Crippen LogP contribution >= 0.6 is 11.6 Å². The standard InChI is InChI=1S/C10H9ClF3NO2/c1-9(4-10(12,13)14)6-2-7(11)15-3-5(6)8(16)17-9/h2,15H,3-4H2,1H3. The molecule has 0 amide bonds. The summed E-state index contributed by atoms with van der Waals surface area (Å²) < 4.78 is 42.2. The minimum atomic E-state index is -4.41. The van der Waals surface area contributed by atoms with E-state index in [4.69, 9.17) is 16.3 Å². The van der Waals surface area contributed by atoms with E-state index in [1.807, 2.05) is 0 Å². The Kier molecular flexibility index (Phi) is 2.65. The average molecular weight is 268 g/mol. The Morgan fingerprint density at radius 2 is 2.24 bits per heavy atom. The van der Waals surface area contributed by atoms with E-state index in [0.29, 0.717) is 0 Å². The lowest BCUT2D eigenvalue weighted by atomic mass is 9.89. The van der Waals surface area contributed by atoms with E-state index in [-0.39, 0.29) is 22.8 Å². The van der Waals surface area contributed by atoms with Crippen molar-refractivity contribution >= 4 is 17.6 Å². The Morgan fingerprint density at radius 3 is 2.82 bits per heavy atom. The minimum absolute atomic E-state index is 0.0942. The molecule has 2 rings (SSSR count). The third-order valence-corrected chi connectivity index (χ3v) is 2.94. The lowest BCUT2D eigenvalue weighted by Crippen LogP contribution is -2.34. The molecule has 0 spiro atoms. The van der Waals surface area contributed by atoms with E-state index in [1.165, 1.54) is 13.0 Å². The number of cyclic esters (lactones) is 1. The third-order valence-electron chi connectivity index (χ3n) is 2.70. The monoisotopic (exact) mass is 267 g/mol. The molecule has 2 aliphatic heterocycles. The summed E-state index contributed by atoms with van der Waals surface area (Å²) in [6.45, 7) is 1.34. The second-order valence-corrected chi connectivity index (χ2v) is 4.56. The van der Waals surface area contributed by atoms with Crippen molar-refractivity contribution in [3.8, 4) is 0 Å². The van der Waals surface area contributed by atoms with Gasteiger partial charge in [-0.1, -0.05) is 11.6 Å². The number of alkyl halides is 3. The predicted molar refractivity (Wildman–Crippen MR) is 54.1 cm³/mol. The topological polar surface area (TPSA) is 38.3 Å². The zero-order valence-corrected chi connectivity index (χ0v) is 9.58. The van der Waals surface area contributed by atoms with Gasteiger partial charge in [0.15, 0.2) is 0 Å². The van der Waals surface area contributed by atoms with Gasteiger partial charge in [0.05, 0.1) is 12.0 Å². The van der Waals surface area contributed by atoms with Crippen LogP contribution in [0.2, 0.25) is 0 Å². The number of rotatable bonds is 1. The van der Waals surface area contributed by atoms with Gasteiger partial charge in [-0.05, 0) is 13.0 Å². The normalized spacial score (nSPS) is 28.5. The molecule has 2 aliphatic rings. The van der Waals surface area contributed by atoms with Gasteiger partial charge in [0.2, 0.25) is 0 Å². The molecule has 7 heteroatoms. The largest absolute Gasteiger partial charge is 0.451 e. The predicted octanol–water partition coefficient (Wildman–Crippen LogP) is 2.23. The van der Waals surface area contributed by atoms with Crippen LogP contribution in [-0.2, 0) is 9.53 Å². The van der Waals surface area contributed by atoms with Crippen molar-refractivity contribution in [1.29, 1.82) is 0 Å². The highest BCUT2D eigenvalue weighted by atomic mass is 35.5. The van der Waals surface area contributed by atoms with E-state index in [2.05, 4.69) is 5.32 Å². The summed E-state index contributed by atoms with van der Waals surface area (Å²) >= 11 is 5.70. The van der Waals surface area contributed by atoms with Gasteiger partial charge in [0.25, 0.3) is 0 Å². The molecular formula is C10H9ClF3NO2. The molecule has 1 atom stereocenters. The fraction of sp³-hybridized carbons (Fsp3) is 0.500. The molecule has 1 unspecified atom stereocenters. The maximum absolute atomic E-state index is 12.5. The van der Waals surface area contributed by atoms with Crippen molar-refractivity contribution in [3.05, 3.63) is 22.4 Å². The molecule has 0 saturated heterocycles. The van der Waals surface area contributed by atoms with Gasteiger partial charge in [-0.2, -0.15) is 13.2 Å². The molecule has 0 bridgehead atoms. The first-order valence-corrected chi connectivity index (χ1v) is 5.24. The number of esters is 1. The summed E-state index contributed by atoms with van der Waals surface area (Å²) in [5, 5.41) is 2.88. The minimum Gasteiger partial charge on any atom is -0.451 e. The quantitative estimate of drug-likeness (QED) is 0.585. The first kappa shape index (κ1) is 12.3. The van der Waals surface area contributed by atoms with Gasteiger partial charge in [-0.3, -0.25) is 0 Å². The van der Waals surface area contributed by atoms with Crippen LogP contribution in [0.4, 0.5) is 13.2 Å². The summed E-state index contributed by atoms with van der Waals surface area (Å²) in [6, 6.07) is 0. The van der Waals surface area contributed by atoms with E-state index >= 15 is 0 Å². The van der Waals surface area contributed by atoms with Gasteiger partial charge in [0.1, 0.15) is 10.8 Å². The SMILES string of the molecule is CC1(CC(F)(F)F)OC(=O)C2=C1C=C(Cl)NC2. The van der Waals surface area contributed by atoms with E-state index in [1.54, 1.807) is 0 Å². The summed E-state index contributed by atoms with van der Waals surface area (Å²) in [6.07, 6.45) is -4.31. The Morgan fingerprint density at radius 1 is 1.59 bits per heavy atom. The van der Waals surface area contributed by atoms with Gasteiger partial charge >= 0.3 is 12.1 Å². The Balaban J connectivity index is 2.38. The van der Waals surface area contributed by atoms with Crippen molar-refractivity contribution < 1.29 is 22.7 Å². The third kappa shape index (κ3) is 2.26. The molecule has 0 saturated carbocycles. The summed E-state index contributed by atoms with van der Waals surface area (Å²) in [5.41, 5.74) is -1.25. The number of carbonyl (C=O) groups excluding carboxylic acids is 1. The maximum Gasteiger partial charge on any atom is 0.393 e.